The van der Waals surface area contributed by atoms with Gasteiger partial charge in [-0.05, 0) is 55.8 Å². The first-order valence-electron chi connectivity index (χ1n) is 5.62. The van der Waals surface area contributed by atoms with E-state index < -0.39 is 17.6 Å². The summed E-state index contributed by atoms with van der Waals surface area (Å²) in [5.74, 6) is -0.396. The van der Waals surface area contributed by atoms with Crippen LogP contribution in [0.5, 0.6) is 5.88 Å². The standard InChI is InChI=1S/C9H9BrF3NO.C3H8O/c1-5(2)15-8-6(9(11,12)13)3-4-7(10)14-8;1-3(2)4/h3-5H,1-2H3;3-4H,1-2H3. The minimum absolute atomic E-state index is 0.167. The number of alkyl halides is 3. The third kappa shape index (κ3) is 8.05. The van der Waals surface area contributed by atoms with E-state index in [0.717, 1.165) is 6.07 Å². The molecule has 0 radical (unpaired) electrons. The number of halogens is 4. The lowest BCUT2D eigenvalue weighted by Gasteiger charge is -2.14. The number of aromatic nitrogens is 1. The molecule has 0 aliphatic rings. The highest BCUT2D eigenvalue weighted by molar-refractivity contribution is 9.10. The summed E-state index contributed by atoms with van der Waals surface area (Å²) in [6.45, 7) is 6.73. The Labute approximate surface area is 118 Å². The van der Waals surface area contributed by atoms with Crippen LogP contribution in [-0.2, 0) is 6.18 Å². The van der Waals surface area contributed by atoms with E-state index >= 15 is 0 Å². The minimum Gasteiger partial charge on any atom is -0.474 e. The molecule has 1 N–H and O–H groups in total. The summed E-state index contributed by atoms with van der Waals surface area (Å²) in [6, 6.07) is 2.17. The van der Waals surface area contributed by atoms with Gasteiger partial charge in [0.25, 0.3) is 0 Å². The average Bonchev–Trinajstić information content (AvgIpc) is 2.12. The molecule has 1 rings (SSSR count). The van der Waals surface area contributed by atoms with Gasteiger partial charge in [-0.15, -0.1) is 0 Å². The lowest BCUT2D eigenvalue weighted by molar-refractivity contribution is -0.139. The lowest BCUT2D eigenvalue weighted by Crippen LogP contribution is -2.14. The Morgan fingerprint density at radius 2 is 1.68 bits per heavy atom. The van der Waals surface area contributed by atoms with Crippen LogP contribution in [0, 0.1) is 0 Å². The molecule has 0 saturated heterocycles. The summed E-state index contributed by atoms with van der Waals surface area (Å²) in [4.78, 5) is 3.65. The van der Waals surface area contributed by atoms with Gasteiger partial charge in [0.05, 0.1) is 6.10 Å². The summed E-state index contributed by atoms with van der Waals surface area (Å²) in [6.07, 6.45) is -4.97. The Kier molecular flexibility index (Phi) is 7.36. The molecule has 7 heteroatoms. The van der Waals surface area contributed by atoms with Crippen LogP contribution in [0.2, 0.25) is 0 Å². The quantitative estimate of drug-likeness (QED) is 0.824. The van der Waals surface area contributed by atoms with Gasteiger partial charge in [0.2, 0.25) is 5.88 Å². The molecule has 1 aromatic rings. The Morgan fingerprint density at radius 3 is 2.05 bits per heavy atom. The van der Waals surface area contributed by atoms with Crippen molar-refractivity contribution >= 4 is 15.9 Å². The molecular formula is C12H17BrF3NO2. The van der Waals surface area contributed by atoms with Crippen LogP contribution in [-0.4, -0.2) is 22.3 Å². The van der Waals surface area contributed by atoms with Crippen LogP contribution < -0.4 is 4.74 Å². The van der Waals surface area contributed by atoms with Crippen LogP contribution in [0.4, 0.5) is 13.2 Å². The molecule has 0 aliphatic carbocycles. The van der Waals surface area contributed by atoms with Crippen molar-refractivity contribution in [1.29, 1.82) is 0 Å². The van der Waals surface area contributed by atoms with Crippen LogP contribution in [0.15, 0.2) is 16.7 Å². The van der Waals surface area contributed by atoms with Crippen LogP contribution in [0.3, 0.4) is 0 Å². The zero-order valence-electron chi connectivity index (χ0n) is 11.1. The number of nitrogens with zero attached hydrogens (tertiary/aromatic N) is 1. The Morgan fingerprint density at radius 1 is 1.21 bits per heavy atom. The second-order valence-corrected chi connectivity index (χ2v) is 5.06. The summed E-state index contributed by atoms with van der Waals surface area (Å²) >= 11 is 2.99. The van der Waals surface area contributed by atoms with E-state index in [-0.39, 0.29) is 12.2 Å². The summed E-state index contributed by atoms with van der Waals surface area (Å²) < 4.78 is 42.8. The third-order valence-electron chi connectivity index (χ3n) is 1.48. The normalized spacial score (nSPS) is 11.3. The molecule has 0 aliphatic heterocycles. The van der Waals surface area contributed by atoms with Gasteiger partial charge in [0, 0.05) is 6.10 Å². The fraction of sp³-hybridized carbons (Fsp3) is 0.583. The minimum atomic E-state index is -4.45. The number of hydrogen-bond donors (Lipinski definition) is 1. The Hall–Kier alpha value is -0.820. The highest BCUT2D eigenvalue weighted by Gasteiger charge is 2.35. The molecule has 0 saturated carbocycles. The highest BCUT2D eigenvalue weighted by Crippen LogP contribution is 2.36. The van der Waals surface area contributed by atoms with Crippen molar-refractivity contribution in [2.75, 3.05) is 0 Å². The zero-order valence-corrected chi connectivity index (χ0v) is 12.7. The molecule has 0 spiro atoms. The van der Waals surface area contributed by atoms with Crippen molar-refractivity contribution in [2.24, 2.45) is 0 Å². The molecule has 0 amide bonds. The molecule has 0 atom stereocenters. The maximum atomic E-state index is 12.5. The van der Waals surface area contributed by atoms with E-state index in [4.69, 9.17) is 9.84 Å². The van der Waals surface area contributed by atoms with Gasteiger partial charge >= 0.3 is 6.18 Å². The van der Waals surface area contributed by atoms with Gasteiger partial charge in [-0.1, -0.05) is 0 Å². The van der Waals surface area contributed by atoms with Gasteiger partial charge in [0.1, 0.15) is 10.2 Å². The summed E-state index contributed by atoms with van der Waals surface area (Å²) in [5, 5.41) is 8.06. The molecular weight excluding hydrogens is 327 g/mol. The summed E-state index contributed by atoms with van der Waals surface area (Å²) in [7, 11) is 0. The maximum absolute atomic E-state index is 12.5. The van der Waals surface area contributed by atoms with E-state index in [0.29, 0.717) is 4.60 Å². The predicted molar refractivity (Wildman–Crippen MR) is 70.1 cm³/mol. The van der Waals surface area contributed by atoms with Gasteiger partial charge in [-0.3, -0.25) is 0 Å². The van der Waals surface area contributed by atoms with Crippen molar-refractivity contribution in [3.63, 3.8) is 0 Å². The van der Waals surface area contributed by atoms with E-state index in [1.165, 1.54) is 6.07 Å². The number of ether oxygens (including phenoxy) is 1. The molecule has 0 unspecified atom stereocenters. The first-order chi connectivity index (χ1) is 8.54. The van der Waals surface area contributed by atoms with Crippen LogP contribution in [0.25, 0.3) is 0 Å². The lowest BCUT2D eigenvalue weighted by atomic mass is 10.2. The highest BCUT2D eigenvalue weighted by atomic mass is 79.9. The molecule has 0 aromatic carbocycles. The number of hydrogen-bond acceptors (Lipinski definition) is 3. The van der Waals surface area contributed by atoms with Crippen molar-refractivity contribution in [3.8, 4) is 5.88 Å². The van der Waals surface area contributed by atoms with Crippen LogP contribution in [0.1, 0.15) is 33.3 Å². The van der Waals surface area contributed by atoms with E-state index in [1.807, 2.05) is 0 Å². The van der Waals surface area contributed by atoms with Gasteiger partial charge in [0.15, 0.2) is 0 Å². The van der Waals surface area contributed by atoms with Crippen molar-refractivity contribution in [3.05, 3.63) is 22.3 Å². The van der Waals surface area contributed by atoms with Gasteiger partial charge in [-0.2, -0.15) is 13.2 Å². The average molecular weight is 344 g/mol. The molecule has 19 heavy (non-hydrogen) atoms. The molecule has 1 aromatic heterocycles. The van der Waals surface area contributed by atoms with Crippen molar-refractivity contribution < 1.29 is 23.0 Å². The fourth-order valence-corrected chi connectivity index (χ4v) is 1.24. The first-order valence-corrected chi connectivity index (χ1v) is 6.41. The SMILES string of the molecule is CC(C)O.CC(C)Oc1nc(Br)ccc1C(F)(F)F. The number of pyridine rings is 1. The monoisotopic (exact) mass is 343 g/mol. The largest absolute Gasteiger partial charge is 0.474 e. The maximum Gasteiger partial charge on any atom is 0.421 e. The number of aliphatic hydroxyl groups is 1. The number of rotatable bonds is 2. The van der Waals surface area contributed by atoms with Crippen molar-refractivity contribution in [2.45, 2.75) is 46.1 Å². The Bertz CT molecular complexity index is 392. The molecule has 0 bridgehead atoms. The number of aliphatic hydroxyl groups excluding tert-OH is 1. The van der Waals surface area contributed by atoms with E-state index in [9.17, 15) is 13.2 Å². The summed E-state index contributed by atoms with van der Waals surface area (Å²) in [5.41, 5.74) is -0.862. The molecule has 110 valence electrons. The first kappa shape index (κ1) is 18.2. The second kappa shape index (κ2) is 7.69. The van der Waals surface area contributed by atoms with E-state index in [2.05, 4.69) is 20.9 Å². The van der Waals surface area contributed by atoms with Gasteiger partial charge < -0.3 is 9.84 Å². The zero-order chi connectivity index (χ0) is 15.2. The Balaban J connectivity index is 0.000000711. The molecule has 3 nitrogen and oxygen atoms in total. The smallest absolute Gasteiger partial charge is 0.421 e. The fourth-order valence-electron chi connectivity index (χ4n) is 0.947. The molecule has 1 heterocycles. The van der Waals surface area contributed by atoms with Crippen LogP contribution >= 0.6 is 15.9 Å². The topological polar surface area (TPSA) is 42.4 Å². The van der Waals surface area contributed by atoms with Crippen molar-refractivity contribution in [1.82, 2.24) is 4.98 Å². The second-order valence-electron chi connectivity index (χ2n) is 4.24. The van der Waals surface area contributed by atoms with Gasteiger partial charge in [-0.25, -0.2) is 4.98 Å². The molecule has 0 fully saturated rings. The third-order valence-corrected chi connectivity index (χ3v) is 1.92. The predicted octanol–water partition coefficient (Wildman–Crippen LogP) is 4.04. The van der Waals surface area contributed by atoms with E-state index in [1.54, 1.807) is 27.7 Å².